The lowest BCUT2D eigenvalue weighted by Crippen LogP contribution is -2.24. The van der Waals surface area contributed by atoms with E-state index in [9.17, 15) is 8.42 Å². The Kier molecular flexibility index (Phi) is 11.0. The van der Waals surface area contributed by atoms with Crippen LogP contribution < -0.4 is 5.32 Å². The minimum atomic E-state index is -3.75. The van der Waals surface area contributed by atoms with Crippen LogP contribution in [0.3, 0.4) is 0 Å². The average Bonchev–Trinajstić information content (AvgIpc) is 3.09. The maximum absolute atomic E-state index is 12.2. The Morgan fingerprint density at radius 3 is 2.21 bits per heavy atom. The molecule has 0 spiro atoms. The minimum Gasteiger partial charge on any atom is -0.385 e. The third kappa shape index (κ3) is 8.97. The summed E-state index contributed by atoms with van der Waals surface area (Å²) >= 11 is 0. The van der Waals surface area contributed by atoms with E-state index in [0.717, 1.165) is 31.4 Å². The van der Waals surface area contributed by atoms with Crippen LogP contribution >= 0.6 is 0 Å². The van der Waals surface area contributed by atoms with Gasteiger partial charge in [0.05, 0.1) is 4.90 Å². The van der Waals surface area contributed by atoms with Crippen molar-refractivity contribution < 1.29 is 12.7 Å². The number of benzene rings is 3. The number of nitrogens with zero attached hydrogens (tertiary/aromatic N) is 1. The second-order valence-electron chi connectivity index (χ2n) is 10.5. The Labute approximate surface area is 230 Å². The van der Waals surface area contributed by atoms with Gasteiger partial charge in [-0.05, 0) is 125 Å². The summed E-state index contributed by atoms with van der Waals surface area (Å²) in [4.78, 5) is 0.181. The Morgan fingerprint density at radius 1 is 0.816 bits per heavy atom. The number of unbranched alkanes of at least 4 members (excludes halogenated alkanes) is 1. The van der Waals surface area contributed by atoms with Gasteiger partial charge in [-0.15, -0.1) is 0 Å². The number of hydroxylamine groups is 2. The topological polar surface area (TPSA) is 58.6 Å². The van der Waals surface area contributed by atoms with Gasteiger partial charge in [0.15, 0.2) is 0 Å². The van der Waals surface area contributed by atoms with Gasteiger partial charge in [0, 0.05) is 25.8 Å². The fraction of sp³-hybridized carbons (Fsp3) is 0.438. The van der Waals surface area contributed by atoms with Crippen LogP contribution in [0.2, 0.25) is 0 Å². The van der Waals surface area contributed by atoms with E-state index >= 15 is 0 Å². The van der Waals surface area contributed by atoms with Gasteiger partial charge >= 0.3 is 10.1 Å². The highest BCUT2D eigenvalue weighted by Crippen LogP contribution is 2.25. The van der Waals surface area contributed by atoms with Crippen LogP contribution in [0.15, 0.2) is 59.5 Å². The van der Waals surface area contributed by atoms with E-state index in [1.165, 1.54) is 63.4 Å². The Morgan fingerprint density at radius 2 is 1.50 bits per heavy atom. The van der Waals surface area contributed by atoms with Gasteiger partial charge in [-0.25, -0.2) is 0 Å². The first-order valence-electron chi connectivity index (χ1n) is 13.7. The van der Waals surface area contributed by atoms with Gasteiger partial charge in [0.2, 0.25) is 0 Å². The number of fused-ring (bicyclic) bond motifs is 1. The largest absolute Gasteiger partial charge is 0.385 e. The van der Waals surface area contributed by atoms with Crippen LogP contribution in [0.25, 0.3) is 0 Å². The summed E-state index contributed by atoms with van der Waals surface area (Å²) in [6.45, 7) is 12.2. The van der Waals surface area contributed by atoms with Gasteiger partial charge in [-0.2, -0.15) is 17.8 Å². The summed E-state index contributed by atoms with van der Waals surface area (Å²) in [6.07, 6.45) is 6.70. The quantitative estimate of drug-likeness (QED) is 0.243. The van der Waals surface area contributed by atoms with Crippen molar-refractivity contribution in [2.75, 3.05) is 25.5 Å². The molecule has 0 fully saturated rings. The van der Waals surface area contributed by atoms with E-state index in [-0.39, 0.29) is 4.90 Å². The van der Waals surface area contributed by atoms with Gasteiger partial charge in [-0.1, -0.05) is 42.0 Å². The zero-order chi connectivity index (χ0) is 27.7. The molecule has 4 rings (SSSR count). The second kappa shape index (κ2) is 13.9. The monoisotopic (exact) mass is 536 g/mol. The molecule has 1 aliphatic heterocycles. The van der Waals surface area contributed by atoms with Crippen LogP contribution in [-0.4, -0.2) is 33.6 Å². The number of rotatable bonds is 8. The van der Waals surface area contributed by atoms with Crippen LogP contribution in [0.1, 0.15) is 64.6 Å². The van der Waals surface area contributed by atoms with Crippen molar-refractivity contribution >= 4 is 15.8 Å². The van der Waals surface area contributed by atoms with Gasteiger partial charge in [0.25, 0.3) is 0 Å². The fourth-order valence-electron chi connectivity index (χ4n) is 4.49. The first-order chi connectivity index (χ1) is 18.0. The van der Waals surface area contributed by atoms with Gasteiger partial charge < -0.3 is 5.32 Å². The number of nitrogens with one attached hydrogen (secondary N) is 1. The molecular formula is C32H44N2O3S. The molecule has 0 saturated carbocycles. The van der Waals surface area contributed by atoms with E-state index in [4.69, 9.17) is 4.28 Å². The number of hydrogen-bond donors (Lipinski definition) is 1. The maximum atomic E-state index is 12.2. The normalized spacial score (nSPS) is 13.2. The Balaban J connectivity index is 0.000000256. The van der Waals surface area contributed by atoms with E-state index in [2.05, 4.69) is 63.3 Å². The van der Waals surface area contributed by atoms with E-state index in [0.29, 0.717) is 6.54 Å². The van der Waals surface area contributed by atoms with Crippen LogP contribution in [0, 0.1) is 34.6 Å². The smallest absolute Gasteiger partial charge is 0.313 e. The maximum Gasteiger partial charge on any atom is 0.313 e. The molecule has 0 atom stereocenters. The fourth-order valence-corrected chi connectivity index (χ4v) is 5.45. The second-order valence-corrected chi connectivity index (χ2v) is 12.1. The molecule has 0 unspecified atom stereocenters. The van der Waals surface area contributed by atoms with Crippen molar-refractivity contribution in [1.82, 2.24) is 5.06 Å². The molecule has 3 aromatic carbocycles. The summed E-state index contributed by atoms with van der Waals surface area (Å²) in [5, 5.41) is 4.89. The minimum absolute atomic E-state index is 0.181. The highest BCUT2D eigenvalue weighted by Gasteiger charge is 2.18. The Bertz CT molecular complexity index is 1270. The van der Waals surface area contributed by atoms with Crippen molar-refractivity contribution in [3.8, 4) is 0 Å². The van der Waals surface area contributed by atoms with Crippen molar-refractivity contribution in [3.63, 3.8) is 0 Å². The van der Waals surface area contributed by atoms with E-state index in [1.807, 2.05) is 6.92 Å². The lowest BCUT2D eigenvalue weighted by Gasteiger charge is -2.16. The third-order valence-corrected chi connectivity index (χ3v) is 8.50. The molecule has 38 heavy (non-hydrogen) atoms. The van der Waals surface area contributed by atoms with Crippen molar-refractivity contribution in [2.24, 2.45) is 0 Å². The van der Waals surface area contributed by atoms with E-state index in [1.54, 1.807) is 31.3 Å². The molecule has 0 aromatic heterocycles. The summed E-state index contributed by atoms with van der Waals surface area (Å²) in [5.74, 6) is 0. The summed E-state index contributed by atoms with van der Waals surface area (Å²) in [7, 11) is -2.10. The molecule has 1 heterocycles. The molecule has 0 bridgehead atoms. The standard InChI is InChI=1S/C20H27NO3S.C12H17N/c1-16-8-12-20(13-9-16)25(22,23)24-21(4)14-6-5-7-19-11-10-17(2)18(3)15-19;1-9-7-11-5-3-4-6-13-12(11)8-10(9)2/h8-13,15H,5-7,14H2,1-4H3;7-8,13H,3-6H2,1-2H3. The van der Waals surface area contributed by atoms with Gasteiger partial charge in [0.1, 0.15) is 0 Å². The molecule has 0 saturated heterocycles. The van der Waals surface area contributed by atoms with Gasteiger partial charge in [-0.3, -0.25) is 0 Å². The molecule has 6 heteroatoms. The highest BCUT2D eigenvalue weighted by molar-refractivity contribution is 7.86. The molecule has 1 aliphatic rings. The van der Waals surface area contributed by atoms with Crippen LogP contribution in [-0.2, 0) is 27.2 Å². The molecule has 0 aliphatic carbocycles. The van der Waals surface area contributed by atoms with Crippen molar-refractivity contribution in [3.05, 3.63) is 93.5 Å². The predicted octanol–water partition coefficient (Wildman–Crippen LogP) is 7.24. The van der Waals surface area contributed by atoms with Crippen LogP contribution in [0.5, 0.6) is 0 Å². The van der Waals surface area contributed by atoms with Crippen molar-refractivity contribution in [2.45, 2.75) is 78.0 Å². The number of aryl methyl sites for hydroxylation is 7. The lowest BCUT2D eigenvalue weighted by molar-refractivity contribution is -0.0250. The summed E-state index contributed by atoms with van der Waals surface area (Å²) in [6, 6.07) is 17.8. The summed E-state index contributed by atoms with van der Waals surface area (Å²) in [5.41, 5.74) is 10.6. The van der Waals surface area contributed by atoms with Crippen LogP contribution in [0.4, 0.5) is 5.69 Å². The molecule has 3 aromatic rings. The third-order valence-electron chi connectivity index (χ3n) is 7.20. The van der Waals surface area contributed by atoms with E-state index < -0.39 is 10.1 Å². The average molecular weight is 537 g/mol. The highest BCUT2D eigenvalue weighted by atomic mass is 32.2. The number of hydrogen-bond acceptors (Lipinski definition) is 5. The molecule has 206 valence electrons. The Hall–Kier alpha value is -2.67. The number of anilines is 1. The molecular weight excluding hydrogens is 492 g/mol. The lowest BCUT2D eigenvalue weighted by atomic mass is 10.0. The first-order valence-corrected chi connectivity index (χ1v) is 15.1. The summed E-state index contributed by atoms with van der Waals surface area (Å²) < 4.78 is 29.6. The SMILES string of the molecule is Cc1cc2c(cc1C)NCCCC2.Cc1ccc(S(=O)(=O)ON(C)CCCCc2ccc(C)c(C)c2)cc1. The predicted molar refractivity (Wildman–Crippen MR) is 158 cm³/mol. The van der Waals surface area contributed by atoms with Crippen molar-refractivity contribution in [1.29, 1.82) is 0 Å². The molecule has 0 radical (unpaired) electrons. The zero-order valence-corrected chi connectivity index (χ0v) is 24.7. The first kappa shape index (κ1) is 29.9. The molecule has 0 amide bonds. The molecule has 1 N–H and O–H groups in total. The molecule has 5 nitrogen and oxygen atoms in total. The zero-order valence-electron chi connectivity index (χ0n) is 23.9.